The summed E-state index contributed by atoms with van der Waals surface area (Å²) in [6.07, 6.45) is 0.330. The summed E-state index contributed by atoms with van der Waals surface area (Å²) in [5.74, 6) is 0.780. The summed E-state index contributed by atoms with van der Waals surface area (Å²) in [5, 5.41) is 15.9. The Labute approximate surface area is 187 Å². The molecule has 7 nitrogen and oxygen atoms in total. The number of sulfonamides is 1. The number of aliphatic hydroxyl groups is 1. The lowest BCUT2D eigenvalue weighted by atomic mass is 10.1. The Hall–Kier alpha value is -3.07. The number of aliphatic hydroxyl groups excluding tert-OH is 1. The molecule has 0 bridgehead atoms. The SMILES string of the molecule is Cc1ccc2c(c1)[nH]c1cc(OCCNC[C@H](O)c3cccc(NS(C)(=O)=O)c3)ccc12. The Balaban J connectivity index is 1.28. The van der Waals surface area contributed by atoms with Gasteiger partial charge < -0.3 is 20.1 Å². The molecular weight excluding hydrogens is 426 g/mol. The molecule has 0 radical (unpaired) electrons. The molecule has 1 aromatic heterocycles. The highest BCUT2D eigenvalue weighted by Gasteiger charge is 2.10. The van der Waals surface area contributed by atoms with Gasteiger partial charge in [0.15, 0.2) is 0 Å². The quantitative estimate of drug-likeness (QED) is 0.289. The highest BCUT2D eigenvalue weighted by atomic mass is 32.2. The number of hydrogen-bond donors (Lipinski definition) is 4. The third-order valence-corrected chi connectivity index (χ3v) is 5.79. The van der Waals surface area contributed by atoms with Crippen molar-refractivity contribution in [3.8, 4) is 5.75 Å². The van der Waals surface area contributed by atoms with Crippen molar-refractivity contribution in [2.24, 2.45) is 0 Å². The second-order valence-electron chi connectivity index (χ2n) is 7.95. The molecule has 1 atom stereocenters. The lowest BCUT2D eigenvalue weighted by Gasteiger charge is -2.14. The van der Waals surface area contributed by atoms with Gasteiger partial charge >= 0.3 is 0 Å². The van der Waals surface area contributed by atoms with E-state index < -0.39 is 16.1 Å². The Morgan fingerprint density at radius 1 is 1.03 bits per heavy atom. The van der Waals surface area contributed by atoms with Crippen LogP contribution in [0.2, 0.25) is 0 Å². The summed E-state index contributed by atoms with van der Waals surface area (Å²) in [6.45, 7) is 3.41. The van der Waals surface area contributed by atoms with E-state index in [9.17, 15) is 13.5 Å². The Morgan fingerprint density at radius 2 is 1.78 bits per heavy atom. The second kappa shape index (κ2) is 9.20. The molecule has 0 aliphatic heterocycles. The minimum Gasteiger partial charge on any atom is -0.492 e. The van der Waals surface area contributed by atoms with E-state index in [-0.39, 0.29) is 0 Å². The number of benzene rings is 3. The van der Waals surface area contributed by atoms with Crippen molar-refractivity contribution in [3.05, 3.63) is 71.8 Å². The number of fused-ring (bicyclic) bond motifs is 3. The number of aromatic amines is 1. The highest BCUT2D eigenvalue weighted by Crippen LogP contribution is 2.28. The summed E-state index contributed by atoms with van der Waals surface area (Å²) in [6, 6.07) is 19.1. The van der Waals surface area contributed by atoms with Crippen LogP contribution in [0.15, 0.2) is 60.7 Å². The zero-order valence-electron chi connectivity index (χ0n) is 18.1. The van der Waals surface area contributed by atoms with E-state index in [2.05, 4.69) is 46.2 Å². The molecule has 0 fully saturated rings. The summed E-state index contributed by atoms with van der Waals surface area (Å²) in [5.41, 5.74) is 4.42. The van der Waals surface area contributed by atoms with Crippen LogP contribution in [0.5, 0.6) is 5.75 Å². The van der Waals surface area contributed by atoms with E-state index in [0.717, 1.165) is 23.0 Å². The van der Waals surface area contributed by atoms with Crippen molar-refractivity contribution in [1.82, 2.24) is 10.3 Å². The first kappa shape index (κ1) is 22.1. The van der Waals surface area contributed by atoms with Gasteiger partial charge in [-0.25, -0.2) is 8.42 Å². The summed E-state index contributed by atoms with van der Waals surface area (Å²) in [4.78, 5) is 3.44. The summed E-state index contributed by atoms with van der Waals surface area (Å²) >= 11 is 0. The summed E-state index contributed by atoms with van der Waals surface area (Å²) in [7, 11) is -3.36. The number of hydrogen-bond acceptors (Lipinski definition) is 5. The van der Waals surface area contributed by atoms with Crippen LogP contribution in [0.25, 0.3) is 21.8 Å². The van der Waals surface area contributed by atoms with Crippen LogP contribution >= 0.6 is 0 Å². The van der Waals surface area contributed by atoms with E-state index in [0.29, 0.717) is 30.9 Å². The first-order valence-electron chi connectivity index (χ1n) is 10.4. The number of nitrogens with one attached hydrogen (secondary N) is 3. The fraction of sp³-hybridized carbons (Fsp3) is 0.250. The van der Waals surface area contributed by atoms with Crippen molar-refractivity contribution >= 4 is 37.5 Å². The first-order valence-corrected chi connectivity index (χ1v) is 12.3. The van der Waals surface area contributed by atoms with Crippen LogP contribution in [-0.4, -0.2) is 44.5 Å². The predicted molar refractivity (Wildman–Crippen MR) is 129 cm³/mol. The fourth-order valence-corrected chi connectivity index (χ4v) is 4.27. The minimum atomic E-state index is -3.36. The van der Waals surface area contributed by atoms with Crippen LogP contribution in [0.4, 0.5) is 5.69 Å². The number of anilines is 1. The number of rotatable bonds is 9. The molecule has 32 heavy (non-hydrogen) atoms. The Bertz CT molecular complexity index is 1350. The van der Waals surface area contributed by atoms with Gasteiger partial charge in [0, 0.05) is 41.1 Å². The smallest absolute Gasteiger partial charge is 0.229 e. The molecule has 0 amide bonds. The molecule has 1 heterocycles. The molecule has 0 saturated heterocycles. The van der Waals surface area contributed by atoms with Gasteiger partial charge in [-0.2, -0.15) is 0 Å². The molecule has 0 unspecified atom stereocenters. The lowest BCUT2D eigenvalue weighted by molar-refractivity contribution is 0.172. The first-order chi connectivity index (χ1) is 15.3. The molecule has 4 N–H and O–H groups in total. The highest BCUT2D eigenvalue weighted by molar-refractivity contribution is 7.92. The van der Waals surface area contributed by atoms with Gasteiger partial charge in [0.25, 0.3) is 0 Å². The van der Waals surface area contributed by atoms with Gasteiger partial charge in [-0.05, 0) is 48.4 Å². The third-order valence-electron chi connectivity index (χ3n) is 5.19. The van der Waals surface area contributed by atoms with Gasteiger partial charge in [-0.3, -0.25) is 4.72 Å². The summed E-state index contributed by atoms with van der Waals surface area (Å²) < 4.78 is 31.0. The van der Waals surface area contributed by atoms with E-state index in [1.165, 1.54) is 16.3 Å². The van der Waals surface area contributed by atoms with Gasteiger partial charge in [-0.1, -0.05) is 24.3 Å². The van der Waals surface area contributed by atoms with Gasteiger partial charge in [0.05, 0.1) is 17.9 Å². The molecule has 0 aliphatic carbocycles. The molecule has 0 spiro atoms. The number of H-pyrrole nitrogens is 1. The Kier molecular flexibility index (Phi) is 6.36. The molecule has 0 aliphatic rings. The maximum absolute atomic E-state index is 11.4. The van der Waals surface area contributed by atoms with E-state index >= 15 is 0 Å². The molecule has 0 saturated carbocycles. The van der Waals surface area contributed by atoms with Crippen LogP contribution in [0.3, 0.4) is 0 Å². The maximum Gasteiger partial charge on any atom is 0.229 e. The number of aryl methyl sites for hydroxylation is 1. The fourth-order valence-electron chi connectivity index (χ4n) is 3.71. The topological polar surface area (TPSA) is 103 Å². The molecule has 8 heteroatoms. The maximum atomic E-state index is 11.4. The van der Waals surface area contributed by atoms with Crippen molar-refractivity contribution in [3.63, 3.8) is 0 Å². The van der Waals surface area contributed by atoms with Crippen LogP contribution in [-0.2, 0) is 10.0 Å². The average molecular weight is 454 g/mol. The van der Waals surface area contributed by atoms with Gasteiger partial charge in [0.2, 0.25) is 10.0 Å². The van der Waals surface area contributed by atoms with Crippen molar-refractivity contribution in [2.75, 3.05) is 30.7 Å². The molecule has 3 aromatic carbocycles. The molecule has 168 valence electrons. The normalized spacial score (nSPS) is 12.8. The van der Waals surface area contributed by atoms with E-state index in [4.69, 9.17) is 4.74 Å². The number of ether oxygens (including phenoxy) is 1. The lowest BCUT2D eigenvalue weighted by Crippen LogP contribution is -2.26. The number of aromatic nitrogens is 1. The van der Waals surface area contributed by atoms with Gasteiger partial charge in [0.1, 0.15) is 12.4 Å². The zero-order valence-corrected chi connectivity index (χ0v) is 18.9. The zero-order chi connectivity index (χ0) is 22.7. The monoisotopic (exact) mass is 453 g/mol. The minimum absolute atomic E-state index is 0.325. The van der Waals surface area contributed by atoms with Crippen molar-refractivity contribution < 1.29 is 18.3 Å². The average Bonchev–Trinajstić information content (AvgIpc) is 3.08. The Morgan fingerprint density at radius 3 is 2.56 bits per heavy atom. The molecule has 4 aromatic rings. The second-order valence-corrected chi connectivity index (χ2v) is 9.70. The van der Waals surface area contributed by atoms with Crippen LogP contribution in [0, 0.1) is 6.92 Å². The predicted octanol–water partition coefficient (Wildman–Crippen LogP) is 3.70. The van der Waals surface area contributed by atoms with Crippen molar-refractivity contribution in [2.45, 2.75) is 13.0 Å². The van der Waals surface area contributed by atoms with Crippen LogP contribution < -0.4 is 14.8 Å². The van der Waals surface area contributed by atoms with Crippen molar-refractivity contribution in [1.29, 1.82) is 0 Å². The third kappa shape index (κ3) is 5.40. The molecular formula is C24H27N3O4S. The standard InChI is InChI=1S/C24H27N3O4S/c1-16-6-8-20-21-9-7-19(14-23(21)26-22(20)12-16)31-11-10-25-15-24(28)17-4-3-5-18(13-17)27-32(2,29)30/h3-9,12-14,24-28H,10-11,15H2,1-2H3/t24-/m0/s1. The van der Waals surface area contributed by atoms with Gasteiger partial charge in [-0.15, -0.1) is 0 Å². The molecule has 4 rings (SSSR count). The van der Waals surface area contributed by atoms with E-state index in [1.807, 2.05) is 12.1 Å². The largest absolute Gasteiger partial charge is 0.492 e. The van der Waals surface area contributed by atoms with E-state index in [1.54, 1.807) is 24.3 Å². The van der Waals surface area contributed by atoms with Crippen LogP contribution in [0.1, 0.15) is 17.2 Å².